The number of hydrogen-bond donors (Lipinski definition) is 1. The maximum Gasteiger partial charge on any atom is 0.409 e. The molecule has 0 aromatic heterocycles. The lowest BCUT2D eigenvalue weighted by Crippen LogP contribution is -2.36. The fraction of sp³-hybridized carbons (Fsp3) is 0.800. The first kappa shape index (κ1) is 42.0. The monoisotopic (exact) mass is 634 g/mol. The highest BCUT2D eigenvalue weighted by Gasteiger charge is 2.17. The highest BCUT2D eigenvalue weighted by molar-refractivity contribution is 8.76. The van der Waals surface area contributed by atoms with Gasteiger partial charge in [0.15, 0.2) is 0 Å². The molecule has 0 atom stereocenters. The van der Waals surface area contributed by atoms with Crippen molar-refractivity contribution >= 4 is 45.6 Å². The quantitative estimate of drug-likeness (QED) is 0.0419. The number of ether oxygens (including phenoxy) is 4. The van der Waals surface area contributed by atoms with Crippen molar-refractivity contribution in [1.82, 2.24) is 10.2 Å². The van der Waals surface area contributed by atoms with Crippen molar-refractivity contribution in [2.24, 2.45) is 0 Å². The molecule has 0 aliphatic rings. The van der Waals surface area contributed by atoms with Gasteiger partial charge in [-0.05, 0) is 26.3 Å². The predicted molar refractivity (Wildman–Crippen MR) is 171 cm³/mol. The van der Waals surface area contributed by atoms with E-state index in [0.29, 0.717) is 57.1 Å². The van der Waals surface area contributed by atoms with E-state index in [1.807, 2.05) is 13.8 Å². The van der Waals surface area contributed by atoms with Crippen LogP contribution in [-0.2, 0) is 33.3 Å². The molecule has 0 fully saturated rings. The Kier molecular flexibility index (Phi) is 33.4. The van der Waals surface area contributed by atoms with Gasteiger partial charge in [-0.3, -0.25) is 14.4 Å². The van der Waals surface area contributed by atoms with Gasteiger partial charge in [0.25, 0.3) is 0 Å². The number of terminal acetylenes is 1. The molecule has 42 heavy (non-hydrogen) atoms. The summed E-state index contributed by atoms with van der Waals surface area (Å²) in [6.45, 7) is 10.0. The molecular formula is C30H54N2O8S2. The fourth-order valence-corrected chi connectivity index (χ4v) is 4.95. The maximum atomic E-state index is 12.6. The van der Waals surface area contributed by atoms with Gasteiger partial charge >= 0.3 is 24.0 Å². The number of hydrogen-bond acceptors (Lipinski definition) is 11. The number of rotatable bonds is 26. The lowest BCUT2D eigenvalue weighted by Gasteiger charge is -2.22. The third kappa shape index (κ3) is 29.4. The molecule has 0 aromatic rings. The van der Waals surface area contributed by atoms with Gasteiger partial charge in [0.2, 0.25) is 0 Å². The molecule has 0 bridgehead atoms. The zero-order valence-corrected chi connectivity index (χ0v) is 27.9. The largest absolute Gasteiger partial charge is 0.465 e. The van der Waals surface area contributed by atoms with E-state index in [0.717, 1.165) is 12.8 Å². The Morgan fingerprint density at radius 3 is 2.02 bits per heavy atom. The molecule has 244 valence electrons. The average Bonchev–Trinajstić information content (AvgIpc) is 2.98. The van der Waals surface area contributed by atoms with Crippen molar-refractivity contribution in [3.05, 3.63) is 0 Å². The van der Waals surface area contributed by atoms with Gasteiger partial charge in [0, 0.05) is 37.4 Å². The zero-order valence-electron chi connectivity index (χ0n) is 26.2. The van der Waals surface area contributed by atoms with E-state index in [1.54, 1.807) is 17.7 Å². The summed E-state index contributed by atoms with van der Waals surface area (Å²) < 4.78 is 20.5. The Morgan fingerprint density at radius 1 is 0.738 bits per heavy atom. The van der Waals surface area contributed by atoms with Crippen LogP contribution in [0.2, 0.25) is 0 Å². The van der Waals surface area contributed by atoms with Crippen LogP contribution in [0.3, 0.4) is 0 Å². The fourth-order valence-electron chi connectivity index (χ4n) is 3.30. The van der Waals surface area contributed by atoms with Gasteiger partial charge in [-0.1, -0.05) is 74.5 Å². The Bertz CT molecular complexity index is 735. The second-order valence-electron chi connectivity index (χ2n) is 8.74. The normalized spacial score (nSPS) is 10.1. The van der Waals surface area contributed by atoms with E-state index >= 15 is 0 Å². The molecule has 0 heterocycles. The summed E-state index contributed by atoms with van der Waals surface area (Å²) in [7, 11) is 3.09. The molecular weight excluding hydrogens is 580 g/mol. The summed E-state index contributed by atoms with van der Waals surface area (Å²) in [6, 6.07) is 0. The topological polar surface area (TPSA) is 120 Å². The minimum Gasteiger partial charge on any atom is -0.465 e. The second kappa shape index (κ2) is 33.4. The first-order valence-electron chi connectivity index (χ1n) is 15.2. The average molecular weight is 635 g/mol. The molecule has 0 aliphatic heterocycles. The molecule has 1 N–H and O–H groups in total. The SMILES string of the molecule is C#CCCOC(=O)CCN(CCCNCC(=O)OCC)C(=O)OCCSSCCOC(=O)CCCCCCCC.CC. The molecule has 0 rings (SSSR count). The van der Waals surface area contributed by atoms with Crippen LogP contribution < -0.4 is 5.32 Å². The summed E-state index contributed by atoms with van der Waals surface area (Å²) >= 11 is 0. The Hall–Kier alpha value is -2.10. The Balaban J connectivity index is 0. The number of amides is 1. The van der Waals surface area contributed by atoms with Gasteiger partial charge in [0.1, 0.15) is 19.8 Å². The van der Waals surface area contributed by atoms with Gasteiger partial charge in [0.05, 0.1) is 19.6 Å². The lowest BCUT2D eigenvalue weighted by atomic mass is 10.1. The number of nitrogens with zero attached hydrogens (tertiary/aromatic N) is 1. The summed E-state index contributed by atoms with van der Waals surface area (Å²) in [5.74, 6) is 2.71. The van der Waals surface area contributed by atoms with Crippen molar-refractivity contribution in [2.45, 2.75) is 91.9 Å². The highest BCUT2D eigenvalue weighted by atomic mass is 33.1. The van der Waals surface area contributed by atoms with Crippen LogP contribution in [0.25, 0.3) is 0 Å². The second-order valence-corrected chi connectivity index (χ2v) is 11.4. The van der Waals surface area contributed by atoms with Crippen LogP contribution in [0.4, 0.5) is 4.79 Å². The van der Waals surface area contributed by atoms with Crippen molar-refractivity contribution in [3.8, 4) is 12.3 Å². The smallest absolute Gasteiger partial charge is 0.409 e. The number of carbonyl (C=O) groups excluding carboxylic acids is 4. The van der Waals surface area contributed by atoms with Gasteiger partial charge < -0.3 is 29.2 Å². The number of unbranched alkanes of at least 4 members (excludes halogenated alkanes) is 5. The molecule has 0 unspecified atom stereocenters. The first-order chi connectivity index (χ1) is 20.4. The van der Waals surface area contributed by atoms with Gasteiger partial charge in [-0.2, -0.15) is 0 Å². The number of nitrogens with one attached hydrogen (secondary N) is 1. The molecule has 0 aromatic carbocycles. The van der Waals surface area contributed by atoms with E-state index in [9.17, 15) is 19.2 Å². The van der Waals surface area contributed by atoms with Gasteiger partial charge in [-0.15, -0.1) is 12.3 Å². The molecule has 0 saturated heterocycles. The predicted octanol–water partition coefficient (Wildman–Crippen LogP) is 5.63. The van der Waals surface area contributed by atoms with Crippen LogP contribution >= 0.6 is 21.6 Å². The molecule has 12 heteroatoms. The number of esters is 3. The highest BCUT2D eigenvalue weighted by Crippen LogP contribution is 2.20. The van der Waals surface area contributed by atoms with E-state index in [4.69, 9.17) is 25.4 Å². The molecule has 0 spiro atoms. The van der Waals surface area contributed by atoms with Crippen molar-refractivity contribution in [3.63, 3.8) is 0 Å². The summed E-state index contributed by atoms with van der Waals surface area (Å²) in [4.78, 5) is 49.2. The minimum absolute atomic E-state index is 0.0259. The minimum atomic E-state index is -0.518. The molecule has 0 saturated carbocycles. The van der Waals surface area contributed by atoms with Crippen LogP contribution in [0.5, 0.6) is 0 Å². The molecule has 1 amide bonds. The zero-order chi connectivity index (χ0) is 31.7. The van der Waals surface area contributed by atoms with E-state index < -0.39 is 12.1 Å². The molecule has 10 nitrogen and oxygen atoms in total. The summed E-state index contributed by atoms with van der Waals surface area (Å²) in [5, 5.41) is 2.96. The Labute approximate surface area is 261 Å². The first-order valence-corrected chi connectivity index (χ1v) is 17.7. The third-order valence-corrected chi connectivity index (χ3v) is 7.68. The molecule has 0 radical (unpaired) electrons. The van der Waals surface area contributed by atoms with Gasteiger partial charge in [-0.25, -0.2) is 4.79 Å². The van der Waals surface area contributed by atoms with Crippen LogP contribution in [0.15, 0.2) is 0 Å². The Morgan fingerprint density at radius 2 is 1.36 bits per heavy atom. The lowest BCUT2D eigenvalue weighted by molar-refractivity contribution is -0.144. The summed E-state index contributed by atoms with van der Waals surface area (Å²) in [6.07, 6.45) is 12.8. The third-order valence-electron chi connectivity index (χ3n) is 5.35. The molecule has 0 aliphatic carbocycles. The van der Waals surface area contributed by atoms with Crippen molar-refractivity contribution in [1.29, 1.82) is 0 Å². The van der Waals surface area contributed by atoms with E-state index in [2.05, 4.69) is 18.2 Å². The maximum absolute atomic E-state index is 12.6. The standard InChI is InChI=1S/C28H48N2O8S2.C2H6/c1-4-7-9-10-11-12-14-25(31)37-20-22-39-40-23-21-38-28(34)30(18-15-26(32)36-19-8-5-2)17-13-16-29-24-27(33)35-6-3;1-2/h2,29H,4,6-24H2,1,3H3;1-2H3. The van der Waals surface area contributed by atoms with Crippen LogP contribution in [0, 0.1) is 12.3 Å². The van der Waals surface area contributed by atoms with Crippen LogP contribution in [-0.4, -0.2) is 93.0 Å². The van der Waals surface area contributed by atoms with Crippen molar-refractivity contribution in [2.75, 3.05) is 64.1 Å². The summed E-state index contributed by atoms with van der Waals surface area (Å²) in [5.41, 5.74) is 0. The van der Waals surface area contributed by atoms with Crippen molar-refractivity contribution < 1.29 is 38.1 Å². The van der Waals surface area contributed by atoms with E-state index in [1.165, 1.54) is 41.4 Å². The number of carbonyl (C=O) groups is 4. The van der Waals surface area contributed by atoms with Crippen LogP contribution in [0.1, 0.15) is 91.9 Å². The van der Waals surface area contributed by atoms with E-state index in [-0.39, 0.29) is 44.7 Å².